The lowest BCUT2D eigenvalue weighted by Crippen LogP contribution is -2.47. The van der Waals surface area contributed by atoms with Gasteiger partial charge in [-0.1, -0.05) is 6.07 Å². The number of nitrogens with two attached hydrogens (primary N) is 1. The molecule has 0 saturated carbocycles. The number of carbonyl (C=O) groups excluding carboxylic acids is 1. The summed E-state index contributed by atoms with van der Waals surface area (Å²) in [6.45, 7) is 1.24. The number of aliphatic hydroxyl groups is 3. The largest absolute Gasteiger partial charge is 0.493 e. The van der Waals surface area contributed by atoms with Crippen molar-refractivity contribution in [3.05, 3.63) is 36.4 Å². The van der Waals surface area contributed by atoms with Crippen LogP contribution in [0.25, 0.3) is 11.2 Å². The van der Waals surface area contributed by atoms with Crippen molar-refractivity contribution in [2.75, 3.05) is 12.8 Å². The number of imidazole rings is 1. The molecule has 3 aromatic rings. The third-order valence-electron chi connectivity index (χ3n) is 5.93. The molecule has 3 heterocycles. The van der Waals surface area contributed by atoms with Crippen LogP contribution < -0.4 is 15.2 Å². The first kappa shape index (κ1) is 25.2. The Labute approximate surface area is 203 Å². The van der Waals surface area contributed by atoms with E-state index in [-0.39, 0.29) is 34.9 Å². The molecule has 0 radical (unpaired) electrons. The molecule has 4 rings (SSSR count). The van der Waals surface area contributed by atoms with Crippen LogP contribution in [-0.4, -0.2) is 83.4 Å². The van der Waals surface area contributed by atoms with Crippen molar-refractivity contribution >= 4 is 28.9 Å². The zero-order valence-corrected chi connectivity index (χ0v) is 19.3. The number of carboxylic acids is 1. The maximum absolute atomic E-state index is 11.4. The number of nitrogen functional groups attached to an aromatic ring is 1. The molecule has 36 heavy (non-hydrogen) atoms. The van der Waals surface area contributed by atoms with Crippen molar-refractivity contribution in [2.24, 2.45) is 0 Å². The van der Waals surface area contributed by atoms with Crippen molar-refractivity contribution in [3.63, 3.8) is 0 Å². The molecular formula is C22H25N5O9. The molecule has 1 aromatic carbocycles. The number of hydrogen-bond acceptors (Lipinski definition) is 12. The Morgan fingerprint density at radius 2 is 2.00 bits per heavy atom. The maximum Gasteiger partial charge on any atom is 0.308 e. The number of rotatable bonds is 8. The minimum absolute atomic E-state index is 0.0665. The molecule has 192 valence electrons. The normalized spacial score (nSPS) is 24.5. The molecule has 0 amide bonds. The number of fused-ring (bicyclic) bond motifs is 1. The molecule has 1 saturated heterocycles. The van der Waals surface area contributed by atoms with Gasteiger partial charge in [0.2, 0.25) is 0 Å². The molecular weight excluding hydrogens is 478 g/mol. The van der Waals surface area contributed by atoms with Crippen LogP contribution in [-0.2, 0) is 26.5 Å². The van der Waals surface area contributed by atoms with E-state index in [2.05, 4.69) is 15.0 Å². The number of aromatic nitrogens is 4. The Hall–Kier alpha value is -3.85. The highest BCUT2D eigenvalue weighted by molar-refractivity contribution is 5.81. The van der Waals surface area contributed by atoms with Crippen LogP contribution in [0.15, 0.2) is 30.9 Å². The van der Waals surface area contributed by atoms with E-state index < -0.39 is 48.5 Å². The quantitative estimate of drug-likeness (QED) is 0.188. The van der Waals surface area contributed by atoms with Gasteiger partial charge in [0.25, 0.3) is 0 Å². The van der Waals surface area contributed by atoms with Crippen LogP contribution in [0.3, 0.4) is 0 Å². The van der Waals surface area contributed by atoms with Gasteiger partial charge in [0.15, 0.2) is 28.7 Å². The van der Waals surface area contributed by atoms with Crippen molar-refractivity contribution in [2.45, 2.75) is 49.9 Å². The zero-order chi connectivity index (χ0) is 26.2. The fourth-order valence-electron chi connectivity index (χ4n) is 4.34. The summed E-state index contributed by atoms with van der Waals surface area (Å²) >= 11 is 0. The zero-order valence-electron chi connectivity index (χ0n) is 19.3. The summed E-state index contributed by atoms with van der Waals surface area (Å²) < 4.78 is 17.9. The van der Waals surface area contributed by atoms with Gasteiger partial charge in [-0.15, -0.1) is 0 Å². The summed E-state index contributed by atoms with van der Waals surface area (Å²) in [6.07, 6.45) is -4.81. The predicted molar refractivity (Wildman–Crippen MR) is 121 cm³/mol. The number of aliphatic hydroxyl groups excluding tert-OH is 3. The second-order valence-electron chi connectivity index (χ2n) is 8.33. The van der Waals surface area contributed by atoms with Crippen molar-refractivity contribution in [1.29, 1.82) is 0 Å². The van der Waals surface area contributed by atoms with E-state index in [1.54, 1.807) is 12.1 Å². The standard InChI is InChI=1S/C22H25N5O9/c1-10(28)35-13-4-3-11(5-14(13)34-2)7-22(27-9-26-16-20(23)24-8-25-21(16)27)19(33)17(32)18(36-22)12(29)6-15(30)31/h3-5,8-9,12,17-19,29,32-33H,6-7H2,1-2H3,(H,30,31)(H2,23,24,25)/t12?,17-,18-,19-,22-/m1/s1. The van der Waals surface area contributed by atoms with Gasteiger partial charge in [-0.3, -0.25) is 14.2 Å². The van der Waals surface area contributed by atoms with Crippen LogP contribution in [0.1, 0.15) is 18.9 Å². The molecule has 14 heteroatoms. The fraction of sp³-hybridized carbons (Fsp3) is 0.409. The van der Waals surface area contributed by atoms with E-state index in [0.717, 1.165) is 0 Å². The predicted octanol–water partition coefficient (Wildman–Crippen LogP) is -0.806. The smallest absolute Gasteiger partial charge is 0.308 e. The highest BCUT2D eigenvalue weighted by atomic mass is 16.6. The summed E-state index contributed by atoms with van der Waals surface area (Å²) in [5.74, 6) is -1.41. The minimum Gasteiger partial charge on any atom is -0.493 e. The molecule has 1 aliphatic heterocycles. The Kier molecular flexibility index (Phi) is 6.77. The Balaban J connectivity index is 1.83. The molecule has 2 aromatic heterocycles. The average Bonchev–Trinajstić information content (AvgIpc) is 3.36. The van der Waals surface area contributed by atoms with Crippen molar-refractivity contribution in [3.8, 4) is 11.5 Å². The van der Waals surface area contributed by atoms with Gasteiger partial charge in [-0.2, -0.15) is 0 Å². The number of nitrogens with zero attached hydrogens (tertiary/aromatic N) is 4. The minimum atomic E-state index is -1.81. The number of hydrogen-bond donors (Lipinski definition) is 5. The monoisotopic (exact) mass is 503 g/mol. The summed E-state index contributed by atoms with van der Waals surface area (Å²) in [5, 5.41) is 41.6. The number of benzene rings is 1. The first-order valence-electron chi connectivity index (χ1n) is 10.8. The van der Waals surface area contributed by atoms with Gasteiger partial charge in [0.1, 0.15) is 30.2 Å². The second kappa shape index (κ2) is 9.66. The molecule has 0 spiro atoms. The number of esters is 1. The molecule has 0 bridgehead atoms. The Bertz CT molecular complexity index is 1300. The lowest BCUT2D eigenvalue weighted by Gasteiger charge is -2.34. The topological polar surface area (TPSA) is 212 Å². The number of anilines is 1. The van der Waals surface area contributed by atoms with E-state index in [1.165, 1.54) is 37.3 Å². The van der Waals surface area contributed by atoms with Gasteiger partial charge in [0, 0.05) is 13.3 Å². The number of aliphatic carboxylic acids is 1. The summed E-state index contributed by atoms with van der Waals surface area (Å²) in [4.78, 5) is 34.9. The number of ether oxygens (including phenoxy) is 3. The first-order valence-corrected chi connectivity index (χ1v) is 10.8. The molecule has 0 aliphatic carbocycles. The molecule has 5 atom stereocenters. The third-order valence-corrected chi connectivity index (χ3v) is 5.93. The second-order valence-corrected chi connectivity index (χ2v) is 8.33. The van der Waals surface area contributed by atoms with E-state index in [0.29, 0.717) is 5.56 Å². The maximum atomic E-state index is 11.4. The van der Waals surface area contributed by atoms with E-state index in [9.17, 15) is 24.9 Å². The van der Waals surface area contributed by atoms with E-state index in [4.69, 9.17) is 25.1 Å². The van der Waals surface area contributed by atoms with Crippen molar-refractivity contribution in [1.82, 2.24) is 19.5 Å². The van der Waals surface area contributed by atoms with Crippen LogP contribution in [0.2, 0.25) is 0 Å². The first-order chi connectivity index (χ1) is 17.1. The van der Waals surface area contributed by atoms with Crippen LogP contribution in [0, 0.1) is 0 Å². The van der Waals surface area contributed by atoms with Crippen LogP contribution >= 0.6 is 0 Å². The average molecular weight is 503 g/mol. The third kappa shape index (κ3) is 4.42. The highest BCUT2D eigenvalue weighted by Gasteiger charge is 2.58. The fourth-order valence-corrected chi connectivity index (χ4v) is 4.34. The highest BCUT2D eigenvalue weighted by Crippen LogP contribution is 2.42. The van der Waals surface area contributed by atoms with Gasteiger partial charge >= 0.3 is 11.9 Å². The van der Waals surface area contributed by atoms with E-state index >= 15 is 0 Å². The lowest BCUT2D eigenvalue weighted by molar-refractivity contribution is -0.164. The van der Waals surface area contributed by atoms with Gasteiger partial charge in [0.05, 0.1) is 26.0 Å². The molecule has 1 unspecified atom stereocenters. The summed E-state index contributed by atoms with van der Waals surface area (Å²) in [5.41, 5.74) is 4.98. The van der Waals surface area contributed by atoms with E-state index in [1.807, 2.05) is 0 Å². The van der Waals surface area contributed by atoms with Crippen LogP contribution in [0.4, 0.5) is 5.82 Å². The molecule has 1 fully saturated rings. The van der Waals surface area contributed by atoms with Gasteiger partial charge in [-0.25, -0.2) is 15.0 Å². The van der Waals surface area contributed by atoms with Gasteiger partial charge in [-0.05, 0) is 17.7 Å². The molecule has 14 nitrogen and oxygen atoms in total. The molecule has 6 N–H and O–H groups in total. The Morgan fingerprint density at radius 1 is 1.25 bits per heavy atom. The molecule has 1 aliphatic rings. The van der Waals surface area contributed by atoms with Crippen LogP contribution in [0.5, 0.6) is 11.5 Å². The summed E-state index contributed by atoms with van der Waals surface area (Å²) in [6, 6.07) is 4.63. The SMILES string of the molecule is COc1cc(C[C@@]2(n3cnc4c(N)ncnc43)O[C@H](C(O)CC(=O)O)[C@@H](O)[C@H]2O)ccc1OC(C)=O. The van der Waals surface area contributed by atoms with Gasteiger partial charge < -0.3 is 40.4 Å². The number of carbonyl (C=O) groups is 2. The number of carboxylic acid groups (broad SMARTS) is 1. The lowest BCUT2D eigenvalue weighted by atomic mass is 9.93. The van der Waals surface area contributed by atoms with Crippen molar-refractivity contribution < 1.29 is 44.2 Å². The Morgan fingerprint density at radius 3 is 2.67 bits per heavy atom. The summed E-state index contributed by atoms with van der Waals surface area (Å²) in [7, 11) is 1.38. The number of methoxy groups -OCH3 is 1.